The quantitative estimate of drug-likeness (QED) is 0.609. The van der Waals surface area contributed by atoms with E-state index in [4.69, 9.17) is 11.6 Å². The average Bonchev–Trinajstić information content (AvgIpc) is 2.70. The van der Waals surface area contributed by atoms with E-state index in [1.165, 1.54) is 47.8 Å². The number of rotatable bonds is 6. The van der Waals surface area contributed by atoms with E-state index in [0.29, 0.717) is 0 Å². The number of likely N-dealkylation sites (tertiary alicyclic amines) is 1. The van der Waals surface area contributed by atoms with Crippen LogP contribution in [0.3, 0.4) is 0 Å². The molecule has 0 aromatic heterocycles. The number of hydrogen-bond acceptors (Lipinski definition) is 2. The third-order valence-electron chi connectivity index (χ3n) is 5.63. The maximum Gasteiger partial charge on any atom is 0.0409 e. The molecule has 4 rings (SSSR count). The molecule has 0 unspecified atom stereocenters. The van der Waals surface area contributed by atoms with Gasteiger partial charge >= 0.3 is 0 Å². The van der Waals surface area contributed by atoms with Gasteiger partial charge in [-0.05, 0) is 72.4 Å². The highest BCUT2D eigenvalue weighted by Crippen LogP contribution is 2.21. The lowest BCUT2D eigenvalue weighted by Crippen LogP contribution is -2.36. The molecule has 1 N–H and O–H groups in total. The number of nitrogens with zero attached hydrogens (tertiary/aromatic N) is 1. The van der Waals surface area contributed by atoms with Crippen molar-refractivity contribution < 1.29 is 0 Å². The lowest BCUT2D eigenvalue weighted by atomic mass is 9.96. The molecule has 0 spiro atoms. The predicted octanol–water partition coefficient (Wildman–Crippen LogP) is 5.50. The van der Waals surface area contributed by atoms with E-state index in [-0.39, 0.29) is 0 Å². The van der Waals surface area contributed by atoms with Gasteiger partial charge in [0.2, 0.25) is 0 Å². The van der Waals surface area contributed by atoms with Gasteiger partial charge in [-0.2, -0.15) is 0 Å². The van der Waals surface area contributed by atoms with Crippen molar-refractivity contribution in [2.75, 3.05) is 19.6 Å². The summed E-state index contributed by atoms with van der Waals surface area (Å²) in [5.41, 5.74) is 2.71. The monoisotopic (exact) mass is 378 g/mol. The molecule has 27 heavy (non-hydrogen) atoms. The Labute approximate surface area is 167 Å². The van der Waals surface area contributed by atoms with Gasteiger partial charge in [0.15, 0.2) is 0 Å². The zero-order chi connectivity index (χ0) is 18.5. The van der Waals surface area contributed by atoms with Gasteiger partial charge in [-0.1, -0.05) is 66.2 Å². The summed E-state index contributed by atoms with van der Waals surface area (Å²) in [5, 5.41) is 7.22. The minimum Gasteiger partial charge on any atom is -0.312 e. The minimum absolute atomic E-state index is 0.774. The first-order valence-electron chi connectivity index (χ1n) is 9.92. The highest BCUT2D eigenvalue weighted by molar-refractivity contribution is 6.30. The van der Waals surface area contributed by atoms with Crippen molar-refractivity contribution in [3.8, 4) is 0 Å². The molecule has 3 heteroatoms. The van der Waals surface area contributed by atoms with E-state index in [0.717, 1.165) is 30.6 Å². The third-order valence-corrected chi connectivity index (χ3v) is 5.87. The second-order valence-corrected chi connectivity index (χ2v) is 8.06. The summed E-state index contributed by atoms with van der Waals surface area (Å²) < 4.78 is 0. The molecular formula is C24H27ClN2. The molecule has 0 atom stereocenters. The zero-order valence-electron chi connectivity index (χ0n) is 15.7. The summed E-state index contributed by atoms with van der Waals surface area (Å²) in [4.78, 5) is 2.55. The average molecular weight is 379 g/mol. The van der Waals surface area contributed by atoms with E-state index in [2.05, 4.69) is 64.8 Å². The first-order chi connectivity index (χ1) is 13.3. The fraction of sp³-hybridized carbons (Fsp3) is 0.333. The number of fused-ring (bicyclic) bond motifs is 1. The van der Waals surface area contributed by atoms with Gasteiger partial charge < -0.3 is 5.32 Å². The van der Waals surface area contributed by atoms with Crippen LogP contribution in [-0.2, 0) is 13.1 Å². The van der Waals surface area contributed by atoms with Crippen LogP contribution in [0.2, 0.25) is 5.02 Å². The molecule has 1 saturated heterocycles. The van der Waals surface area contributed by atoms with Crippen LogP contribution in [0.5, 0.6) is 0 Å². The minimum atomic E-state index is 0.774. The molecule has 3 aromatic carbocycles. The van der Waals surface area contributed by atoms with Crippen molar-refractivity contribution in [1.82, 2.24) is 10.2 Å². The molecule has 0 amide bonds. The lowest BCUT2D eigenvalue weighted by Gasteiger charge is -2.32. The molecule has 1 fully saturated rings. The summed E-state index contributed by atoms with van der Waals surface area (Å²) in [5.74, 6) is 0.774. The van der Waals surface area contributed by atoms with Crippen LogP contribution >= 0.6 is 11.6 Å². The molecule has 0 saturated carbocycles. The Kier molecular flexibility index (Phi) is 6.08. The summed E-state index contributed by atoms with van der Waals surface area (Å²) in [6, 6.07) is 23.5. The normalized spacial score (nSPS) is 16.0. The van der Waals surface area contributed by atoms with Gasteiger partial charge in [-0.15, -0.1) is 0 Å². The highest BCUT2D eigenvalue weighted by Gasteiger charge is 2.19. The molecule has 1 heterocycles. The molecule has 0 radical (unpaired) electrons. The van der Waals surface area contributed by atoms with E-state index >= 15 is 0 Å². The van der Waals surface area contributed by atoms with Gasteiger partial charge in [0.1, 0.15) is 0 Å². The number of benzene rings is 3. The van der Waals surface area contributed by atoms with Crippen LogP contribution in [0.15, 0.2) is 66.7 Å². The SMILES string of the molecule is Clc1cccc(CN2CCC(CNCc3cccc4ccccc34)CC2)c1. The van der Waals surface area contributed by atoms with Gasteiger partial charge in [-0.3, -0.25) is 4.90 Å². The Bertz CT molecular complexity index is 879. The molecule has 1 aliphatic rings. The molecule has 0 bridgehead atoms. The molecule has 1 aliphatic heterocycles. The summed E-state index contributed by atoms with van der Waals surface area (Å²) >= 11 is 6.10. The largest absolute Gasteiger partial charge is 0.312 e. The van der Waals surface area contributed by atoms with Crippen molar-refractivity contribution in [3.63, 3.8) is 0 Å². The van der Waals surface area contributed by atoms with Crippen LogP contribution in [-0.4, -0.2) is 24.5 Å². The zero-order valence-corrected chi connectivity index (χ0v) is 16.5. The van der Waals surface area contributed by atoms with E-state index in [1.807, 2.05) is 12.1 Å². The third kappa shape index (κ3) is 4.90. The Morgan fingerprint density at radius 3 is 2.56 bits per heavy atom. The molecular weight excluding hydrogens is 352 g/mol. The standard InChI is InChI=1S/C24H27ClN2/c25-23-9-3-5-20(15-23)18-27-13-11-19(12-14-27)16-26-17-22-8-4-7-21-6-1-2-10-24(21)22/h1-10,15,19,26H,11-14,16-18H2. The van der Waals surface area contributed by atoms with Crippen molar-refractivity contribution in [2.45, 2.75) is 25.9 Å². The van der Waals surface area contributed by atoms with Gasteiger partial charge in [0.05, 0.1) is 0 Å². The Balaban J connectivity index is 1.24. The van der Waals surface area contributed by atoms with Crippen LogP contribution in [0.25, 0.3) is 10.8 Å². The van der Waals surface area contributed by atoms with Crippen molar-refractivity contribution in [1.29, 1.82) is 0 Å². The molecule has 2 nitrogen and oxygen atoms in total. The Hall–Kier alpha value is -1.87. The van der Waals surface area contributed by atoms with Crippen LogP contribution in [0, 0.1) is 5.92 Å². The smallest absolute Gasteiger partial charge is 0.0409 e. The number of nitrogens with one attached hydrogen (secondary N) is 1. The summed E-state index contributed by atoms with van der Waals surface area (Å²) in [6.07, 6.45) is 2.53. The molecule has 3 aromatic rings. The highest BCUT2D eigenvalue weighted by atomic mass is 35.5. The Morgan fingerprint density at radius 1 is 0.926 bits per heavy atom. The fourth-order valence-electron chi connectivity index (χ4n) is 4.10. The summed E-state index contributed by atoms with van der Waals surface area (Å²) in [6.45, 7) is 5.41. The first-order valence-corrected chi connectivity index (χ1v) is 10.3. The van der Waals surface area contributed by atoms with E-state index in [9.17, 15) is 0 Å². The van der Waals surface area contributed by atoms with Gasteiger partial charge in [0, 0.05) is 18.1 Å². The maximum absolute atomic E-state index is 6.10. The van der Waals surface area contributed by atoms with Crippen molar-refractivity contribution >= 4 is 22.4 Å². The maximum atomic E-state index is 6.10. The van der Waals surface area contributed by atoms with E-state index in [1.54, 1.807) is 0 Å². The number of hydrogen-bond donors (Lipinski definition) is 1. The van der Waals surface area contributed by atoms with Crippen molar-refractivity contribution in [3.05, 3.63) is 82.9 Å². The van der Waals surface area contributed by atoms with Crippen LogP contribution in [0.4, 0.5) is 0 Å². The van der Waals surface area contributed by atoms with Gasteiger partial charge in [-0.25, -0.2) is 0 Å². The lowest BCUT2D eigenvalue weighted by molar-refractivity contribution is 0.175. The second-order valence-electron chi connectivity index (χ2n) is 7.62. The van der Waals surface area contributed by atoms with Crippen LogP contribution < -0.4 is 5.32 Å². The second kappa shape index (κ2) is 8.88. The fourth-order valence-corrected chi connectivity index (χ4v) is 4.31. The van der Waals surface area contributed by atoms with E-state index < -0.39 is 0 Å². The topological polar surface area (TPSA) is 15.3 Å². The molecule has 140 valence electrons. The summed E-state index contributed by atoms with van der Waals surface area (Å²) in [7, 11) is 0. The number of halogens is 1. The van der Waals surface area contributed by atoms with Crippen molar-refractivity contribution in [2.24, 2.45) is 5.92 Å². The first kappa shape index (κ1) is 18.5. The Morgan fingerprint density at radius 2 is 1.70 bits per heavy atom. The number of piperidine rings is 1. The van der Waals surface area contributed by atoms with Crippen LogP contribution in [0.1, 0.15) is 24.0 Å². The predicted molar refractivity (Wildman–Crippen MR) is 115 cm³/mol. The molecule has 0 aliphatic carbocycles. The van der Waals surface area contributed by atoms with Gasteiger partial charge in [0.25, 0.3) is 0 Å².